The molecule has 0 aliphatic heterocycles. The Morgan fingerprint density at radius 2 is 1.52 bits per heavy atom. The van der Waals surface area contributed by atoms with E-state index in [2.05, 4.69) is 136 Å². The number of nitrogens with zero attached hydrogens (tertiary/aromatic N) is 3. The zero-order valence-electron chi connectivity index (χ0n) is 28.6. The number of rotatable bonds is 5. The molecule has 0 spiro atoms. The summed E-state index contributed by atoms with van der Waals surface area (Å²) in [7, 11) is -1.23. The van der Waals surface area contributed by atoms with Gasteiger partial charge in [-0.3, -0.25) is 0 Å². The number of hydrogen-bond acceptors (Lipinski definition) is 4. The number of benzene rings is 3. The monoisotopic (exact) mass is 824 g/mol. The van der Waals surface area contributed by atoms with Gasteiger partial charge in [0, 0.05) is 43.8 Å². The van der Waals surface area contributed by atoms with E-state index < -0.39 is 8.07 Å². The maximum Gasteiger partial charge on any atom is 0.216 e. The molecule has 6 heteroatoms. The summed E-state index contributed by atoms with van der Waals surface area (Å²) >= 11 is 0. The molecule has 0 N–H and O–H groups in total. The Labute approximate surface area is 299 Å². The topological polar surface area (TPSA) is 51.8 Å². The summed E-state index contributed by atoms with van der Waals surface area (Å²) in [5.41, 5.74) is 8.97. The molecule has 0 bridgehead atoms. The molecule has 3 aromatic carbocycles. The third-order valence-electron chi connectivity index (χ3n) is 8.55. The van der Waals surface area contributed by atoms with Crippen LogP contribution in [-0.4, -0.2) is 23.0 Å². The first-order valence-electron chi connectivity index (χ1n) is 16.2. The number of furan rings is 1. The summed E-state index contributed by atoms with van der Waals surface area (Å²) in [4.78, 5) is 13.9. The van der Waals surface area contributed by atoms with Gasteiger partial charge in [0.2, 0.25) is 5.71 Å². The summed E-state index contributed by atoms with van der Waals surface area (Å²) < 4.78 is 6.09. The zero-order chi connectivity index (χ0) is 33.2. The van der Waals surface area contributed by atoms with E-state index in [9.17, 15) is 0 Å². The van der Waals surface area contributed by atoms with Crippen LogP contribution in [-0.2, 0) is 25.5 Å². The van der Waals surface area contributed by atoms with Crippen molar-refractivity contribution >= 4 is 35.3 Å². The molecule has 1 atom stereocenters. The van der Waals surface area contributed by atoms with Crippen molar-refractivity contribution < 1.29 is 24.5 Å². The van der Waals surface area contributed by atoms with Crippen LogP contribution in [0.4, 0.5) is 0 Å². The standard InChI is InChI=1S/C28H25N2O.C14H16NSi.Ir/c1-18(19-8-6-5-7-9-19)24-12-11-22-23-16-20(10-13-26(23)31-27(22)30-24)25-17-21(14-15-29-25)28(2,3)4;1-16(2,3)13-9-10-14(15-11-13)12-7-5-4-6-8-12;/h5-9,11-18H,1-4H3;4-7,9-11H,1-3H3;/q2*-1;. The van der Waals surface area contributed by atoms with Gasteiger partial charge in [0.1, 0.15) is 0 Å². The summed E-state index contributed by atoms with van der Waals surface area (Å²) in [5.74, 6) is 0.199. The molecule has 1 unspecified atom stereocenters. The van der Waals surface area contributed by atoms with Crippen LogP contribution in [0.5, 0.6) is 0 Å². The van der Waals surface area contributed by atoms with Gasteiger partial charge < -0.3 is 14.4 Å². The summed E-state index contributed by atoms with van der Waals surface area (Å²) in [5, 5.41) is 3.45. The molecule has 1 radical (unpaired) electrons. The van der Waals surface area contributed by atoms with Crippen molar-refractivity contribution in [3.63, 3.8) is 0 Å². The second-order valence-corrected chi connectivity index (χ2v) is 19.2. The Balaban J connectivity index is 0.000000224. The van der Waals surface area contributed by atoms with Crippen molar-refractivity contribution in [3.05, 3.63) is 144 Å². The van der Waals surface area contributed by atoms with Gasteiger partial charge in [-0.15, -0.1) is 59.7 Å². The summed E-state index contributed by atoms with van der Waals surface area (Å²) in [6, 6.07) is 41.7. The Morgan fingerprint density at radius 1 is 0.750 bits per heavy atom. The van der Waals surface area contributed by atoms with E-state index in [0.29, 0.717) is 5.71 Å². The van der Waals surface area contributed by atoms with Gasteiger partial charge in [0.15, 0.2) is 0 Å². The van der Waals surface area contributed by atoms with Crippen molar-refractivity contribution in [2.75, 3.05) is 0 Å². The van der Waals surface area contributed by atoms with Crippen LogP contribution in [0, 0.1) is 12.1 Å². The molecule has 0 aliphatic carbocycles. The summed E-state index contributed by atoms with van der Waals surface area (Å²) in [6.07, 6.45) is 3.89. The van der Waals surface area contributed by atoms with Gasteiger partial charge in [-0.05, 0) is 51.3 Å². The van der Waals surface area contributed by atoms with Crippen LogP contribution >= 0.6 is 0 Å². The average Bonchev–Trinajstić information content (AvgIpc) is 3.45. The van der Waals surface area contributed by atoms with Gasteiger partial charge in [-0.25, -0.2) is 4.98 Å². The van der Waals surface area contributed by atoms with Gasteiger partial charge >= 0.3 is 0 Å². The normalized spacial score (nSPS) is 12.2. The molecule has 0 saturated heterocycles. The van der Waals surface area contributed by atoms with E-state index in [4.69, 9.17) is 9.40 Å². The molecule has 0 fully saturated rings. The number of aromatic nitrogens is 3. The first-order valence-corrected chi connectivity index (χ1v) is 19.7. The molecular weight excluding hydrogens is 783 g/mol. The van der Waals surface area contributed by atoms with E-state index >= 15 is 0 Å². The Hall–Kier alpha value is -4.22. The molecule has 0 saturated carbocycles. The Bertz CT molecular complexity index is 2110. The quantitative estimate of drug-likeness (QED) is 0.128. The van der Waals surface area contributed by atoms with Gasteiger partial charge in [0.25, 0.3) is 0 Å². The van der Waals surface area contributed by atoms with Gasteiger partial charge in [0.05, 0.1) is 19.4 Å². The molecule has 0 amide bonds. The van der Waals surface area contributed by atoms with E-state index in [1.807, 2.05) is 48.8 Å². The molecule has 4 nitrogen and oxygen atoms in total. The maximum atomic E-state index is 6.09. The van der Waals surface area contributed by atoms with Crippen molar-refractivity contribution in [2.24, 2.45) is 0 Å². The second kappa shape index (κ2) is 14.5. The fourth-order valence-corrected chi connectivity index (χ4v) is 6.55. The first-order chi connectivity index (χ1) is 22.5. The molecule has 4 aromatic heterocycles. The van der Waals surface area contributed by atoms with Crippen LogP contribution in [0.15, 0.2) is 120 Å². The van der Waals surface area contributed by atoms with Crippen molar-refractivity contribution in [1.29, 1.82) is 0 Å². The molecule has 48 heavy (non-hydrogen) atoms. The maximum absolute atomic E-state index is 6.09. The Morgan fingerprint density at radius 3 is 2.19 bits per heavy atom. The van der Waals surface area contributed by atoms with Crippen molar-refractivity contribution in [1.82, 2.24) is 15.0 Å². The summed E-state index contributed by atoms with van der Waals surface area (Å²) in [6.45, 7) is 15.8. The number of hydrogen-bond donors (Lipinski definition) is 0. The minimum absolute atomic E-state index is 0. The van der Waals surface area contributed by atoms with Crippen LogP contribution in [0.2, 0.25) is 19.6 Å². The second-order valence-electron chi connectivity index (χ2n) is 14.1. The first kappa shape index (κ1) is 35.1. The average molecular weight is 824 g/mol. The molecule has 7 aromatic rings. The van der Waals surface area contributed by atoms with Crippen LogP contribution < -0.4 is 5.19 Å². The van der Waals surface area contributed by atoms with E-state index in [1.165, 1.54) is 16.3 Å². The van der Waals surface area contributed by atoms with Gasteiger partial charge in [-0.1, -0.05) is 101 Å². The fraction of sp³-hybridized carbons (Fsp3) is 0.214. The van der Waals surface area contributed by atoms with E-state index in [-0.39, 0.29) is 31.4 Å². The van der Waals surface area contributed by atoms with Crippen molar-refractivity contribution in [3.8, 4) is 22.5 Å². The number of pyridine rings is 3. The fourth-order valence-electron chi connectivity index (χ4n) is 5.51. The smallest absolute Gasteiger partial charge is 0.216 e. The molecule has 7 rings (SSSR count). The predicted molar refractivity (Wildman–Crippen MR) is 198 cm³/mol. The third kappa shape index (κ3) is 7.90. The van der Waals surface area contributed by atoms with Gasteiger partial charge in [-0.2, -0.15) is 0 Å². The SMILES string of the molecule is CC(c1ccccc1)c1ccc2c(n1)oc1c[c-]c(-c3cc(C(C)(C)C)ccn3)cc12.C[Si](C)(C)c1ccc(-c2[c-]cccc2)nc1.[Ir]. The third-order valence-corrected chi connectivity index (χ3v) is 10.6. The minimum Gasteiger partial charge on any atom is -0.486 e. The molecule has 245 valence electrons. The molecular formula is C42H41IrN3OSi-2. The largest absolute Gasteiger partial charge is 0.486 e. The minimum atomic E-state index is -1.23. The van der Waals surface area contributed by atoms with Crippen LogP contribution in [0.25, 0.3) is 44.6 Å². The molecule has 4 heterocycles. The van der Waals surface area contributed by atoms with Crippen molar-refractivity contribution in [2.45, 2.75) is 58.7 Å². The number of fused-ring (bicyclic) bond motifs is 3. The van der Waals surface area contributed by atoms with Crippen LogP contribution in [0.3, 0.4) is 0 Å². The van der Waals surface area contributed by atoms with Crippen LogP contribution in [0.1, 0.15) is 50.4 Å². The van der Waals surface area contributed by atoms with E-state index in [0.717, 1.165) is 44.6 Å². The van der Waals surface area contributed by atoms with E-state index in [1.54, 1.807) is 0 Å². The predicted octanol–water partition coefficient (Wildman–Crippen LogP) is 10.4. The molecule has 0 aliphatic rings. The Kier molecular flexibility index (Phi) is 10.6. The zero-order valence-corrected chi connectivity index (χ0v) is 32.0.